The molecule has 3 aromatic carbocycles. The van der Waals surface area contributed by atoms with Gasteiger partial charge in [0.2, 0.25) is 0 Å². The van der Waals surface area contributed by atoms with Crippen LogP contribution in [-0.2, 0) is 0 Å². The number of rotatable bonds is 3. The summed E-state index contributed by atoms with van der Waals surface area (Å²) < 4.78 is 5.41. The van der Waals surface area contributed by atoms with Gasteiger partial charge in [0, 0.05) is 10.6 Å². The van der Waals surface area contributed by atoms with Gasteiger partial charge in [-0.1, -0.05) is 60.1 Å². The van der Waals surface area contributed by atoms with Crippen molar-refractivity contribution in [2.24, 2.45) is 0 Å². The van der Waals surface area contributed by atoms with Gasteiger partial charge in [-0.2, -0.15) is 0 Å². The fourth-order valence-corrected chi connectivity index (χ4v) is 3.07. The highest BCUT2D eigenvalue weighted by Gasteiger charge is 2.18. The molecule has 0 N–H and O–H groups in total. The molecule has 3 heteroatoms. The minimum atomic E-state index is -0.289. The predicted molar refractivity (Wildman–Crippen MR) is 89.6 cm³/mol. The van der Waals surface area contributed by atoms with Crippen molar-refractivity contribution >= 4 is 34.0 Å². The normalized spacial score (nSPS) is 12.3. The van der Waals surface area contributed by atoms with Crippen molar-refractivity contribution in [3.63, 3.8) is 0 Å². The Balaban J connectivity index is 2.15. The summed E-state index contributed by atoms with van der Waals surface area (Å²) in [5, 5.41) is 2.67. The fraction of sp³-hybridized carbons (Fsp3) is 0.111. The van der Waals surface area contributed by atoms with Gasteiger partial charge in [-0.15, -0.1) is 11.6 Å². The highest BCUT2D eigenvalue weighted by Crippen LogP contribution is 2.39. The SMILES string of the molecule is COc1cc(Cl)ccc1C(Cl)c1cccc2ccccc12. The number of fused-ring (bicyclic) bond motifs is 1. The Morgan fingerprint density at radius 3 is 2.48 bits per heavy atom. The topological polar surface area (TPSA) is 9.23 Å². The van der Waals surface area contributed by atoms with Crippen LogP contribution >= 0.6 is 23.2 Å². The van der Waals surface area contributed by atoms with E-state index < -0.39 is 0 Å². The lowest BCUT2D eigenvalue weighted by molar-refractivity contribution is 0.410. The van der Waals surface area contributed by atoms with E-state index in [0.29, 0.717) is 10.8 Å². The van der Waals surface area contributed by atoms with Crippen LogP contribution in [0.5, 0.6) is 5.75 Å². The minimum absolute atomic E-state index is 0.289. The Hall–Kier alpha value is -1.70. The first kappa shape index (κ1) is 14.2. The van der Waals surface area contributed by atoms with Crippen molar-refractivity contribution in [3.05, 3.63) is 76.8 Å². The van der Waals surface area contributed by atoms with Gasteiger partial charge < -0.3 is 4.74 Å². The van der Waals surface area contributed by atoms with Crippen LogP contribution in [0.1, 0.15) is 16.5 Å². The summed E-state index contributed by atoms with van der Waals surface area (Å²) in [5.41, 5.74) is 1.98. The maximum Gasteiger partial charge on any atom is 0.125 e. The third-order valence-corrected chi connectivity index (χ3v) is 4.27. The fourth-order valence-electron chi connectivity index (χ4n) is 2.53. The molecule has 0 saturated heterocycles. The van der Waals surface area contributed by atoms with E-state index in [1.54, 1.807) is 13.2 Å². The van der Waals surface area contributed by atoms with Crippen LogP contribution in [0.3, 0.4) is 0 Å². The van der Waals surface area contributed by atoms with E-state index in [9.17, 15) is 0 Å². The molecule has 1 unspecified atom stereocenters. The van der Waals surface area contributed by atoms with E-state index in [2.05, 4.69) is 18.2 Å². The molecule has 1 nitrogen and oxygen atoms in total. The van der Waals surface area contributed by atoms with E-state index in [4.69, 9.17) is 27.9 Å². The number of hydrogen-bond donors (Lipinski definition) is 0. The smallest absolute Gasteiger partial charge is 0.125 e. The van der Waals surface area contributed by atoms with Crippen LogP contribution in [0, 0.1) is 0 Å². The Labute approximate surface area is 134 Å². The first-order valence-corrected chi connectivity index (χ1v) is 7.47. The van der Waals surface area contributed by atoms with Gasteiger partial charge >= 0.3 is 0 Å². The zero-order chi connectivity index (χ0) is 14.8. The molecule has 0 aliphatic rings. The summed E-state index contributed by atoms with van der Waals surface area (Å²) in [7, 11) is 1.63. The zero-order valence-corrected chi connectivity index (χ0v) is 13.0. The quantitative estimate of drug-likeness (QED) is 0.552. The number of hydrogen-bond acceptors (Lipinski definition) is 1. The predicted octanol–water partition coefficient (Wildman–Crippen LogP) is 5.83. The maximum atomic E-state index is 6.72. The molecule has 0 saturated carbocycles. The summed E-state index contributed by atoms with van der Waals surface area (Å²) in [5.74, 6) is 0.704. The Bertz CT molecular complexity index is 778. The standard InChI is InChI=1S/C18H14Cl2O/c1-21-17-11-13(19)9-10-16(17)18(20)15-8-4-6-12-5-2-3-7-14(12)15/h2-11,18H,1H3. The second-order valence-corrected chi connectivity index (χ2v) is 5.69. The number of ether oxygens (including phenoxy) is 1. The van der Waals surface area contributed by atoms with Crippen molar-refractivity contribution in [3.8, 4) is 5.75 Å². The number of methoxy groups -OCH3 is 1. The second kappa shape index (κ2) is 5.97. The lowest BCUT2D eigenvalue weighted by Gasteiger charge is -2.16. The van der Waals surface area contributed by atoms with E-state index in [1.807, 2.05) is 36.4 Å². The molecule has 0 aliphatic carbocycles. The van der Waals surface area contributed by atoms with Crippen LogP contribution in [0.4, 0.5) is 0 Å². The summed E-state index contributed by atoms with van der Waals surface area (Å²) in [6.07, 6.45) is 0. The van der Waals surface area contributed by atoms with E-state index >= 15 is 0 Å². The van der Waals surface area contributed by atoms with Gasteiger partial charge in [0.1, 0.15) is 5.75 Å². The molecule has 0 aromatic heterocycles. The van der Waals surface area contributed by atoms with Gasteiger partial charge in [-0.25, -0.2) is 0 Å². The van der Waals surface area contributed by atoms with Crippen molar-refractivity contribution in [1.29, 1.82) is 0 Å². The molecule has 3 aromatic rings. The molecule has 3 rings (SSSR count). The molecule has 0 bridgehead atoms. The van der Waals surface area contributed by atoms with Crippen LogP contribution in [0.25, 0.3) is 10.8 Å². The van der Waals surface area contributed by atoms with Crippen molar-refractivity contribution in [2.45, 2.75) is 5.38 Å². The maximum absolute atomic E-state index is 6.72. The average molecular weight is 317 g/mol. The molecule has 0 amide bonds. The molecule has 0 aliphatic heterocycles. The minimum Gasteiger partial charge on any atom is -0.496 e. The van der Waals surface area contributed by atoms with Crippen LogP contribution in [-0.4, -0.2) is 7.11 Å². The molecule has 106 valence electrons. The third-order valence-electron chi connectivity index (χ3n) is 3.56. The second-order valence-electron chi connectivity index (χ2n) is 4.82. The van der Waals surface area contributed by atoms with Gasteiger partial charge in [-0.3, -0.25) is 0 Å². The largest absolute Gasteiger partial charge is 0.496 e. The summed E-state index contributed by atoms with van der Waals surface area (Å²) in [4.78, 5) is 0. The van der Waals surface area contributed by atoms with E-state index in [0.717, 1.165) is 16.5 Å². The van der Waals surface area contributed by atoms with Crippen molar-refractivity contribution in [1.82, 2.24) is 0 Å². The molecule has 1 atom stereocenters. The monoisotopic (exact) mass is 316 g/mol. The first-order valence-electron chi connectivity index (χ1n) is 6.66. The Morgan fingerprint density at radius 1 is 0.905 bits per heavy atom. The first-order chi connectivity index (χ1) is 10.2. The van der Waals surface area contributed by atoms with Crippen molar-refractivity contribution < 1.29 is 4.74 Å². The number of halogens is 2. The Morgan fingerprint density at radius 2 is 1.67 bits per heavy atom. The molecule has 0 fully saturated rings. The third kappa shape index (κ3) is 2.72. The molecule has 0 radical (unpaired) electrons. The van der Waals surface area contributed by atoms with Gasteiger partial charge in [0.15, 0.2) is 0 Å². The van der Waals surface area contributed by atoms with Gasteiger partial charge in [0.25, 0.3) is 0 Å². The average Bonchev–Trinajstić information content (AvgIpc) is 2.53. The van der Waals surface area contributed by atoms with Gasteiger partial charge in [0.05, 0.1) is 12.5 Å². The highest BCUT2D eigenvalue weighted by atomic mass is 35.5. The summed E-state index contributed by atoms with van der Waals surface area (Å²) in [6.45, 7) is 0. The van der Waals surface area contributed by atoms with Gasteiger partial charge in [-0.05, 0) is 28.5 Å². The number of alkyl halides is 1. The molecular formula is C18H14Cl2O. The molecular weight excluding hydrogens is 303 g/mol. The molecule has 0 spiro atoms. The van der Waals surface area contributed by atoms with Crippen molar-refractivity contribution in [2.75, 3.05) is 7.11 Å². The Kier molecular flexibility index (Phi) is 4.05. The zero-order valence-electron chi connectivity index (χ0n) is 11.5. The lowest BCUT2D eigenvalue weighted by atomic mass is 9.97. The summed E-state index contributed by atoms with van der Waals surface area (Å²) in [6, 6.07) is 19.9. The lowest BCUT2D eigenvalue weighted by Crippen LogP contribution is -1.98. The summed E-state index contributed by atoms with van der Waals surface area (Å²) >= 11 is 12.7. The molecule has 21 heavy (non-hydrogen) atoms. The number of benzene rings is 3. The molecule has 0 heterocycles. The van der Waals surface area contributed by atoms with E-state index in [-0.39, 0.29) is 5.38 Å². The van der Waals surface area contributed by atoms with Crippen LogP contribution in [0.2, 0.25) is 5.02 Å². The van der Waals surface area contributed by atoms with Crippen LogP contribution < -0.4 is 4.74 Å². The van der Waals surface area contributed by atoms with E-state index in [1.165, 1.54) is 5.39 Å². The van der Waals surface area contributed by atoms with Crippen LogP contribution in [0.15, 0.2) is 60.7 Å². The highest BCUT2D eigenvalue weighted by molar-refractivity contribution is 6.31.